The Morgan fingerprint density at radius 2 is 1.41 bits per heavy atom. The number of carbonyl (C=O) groups is 1. The first-order valence-corrected chi connectivity index (χ1v) is 11.4. The van der Waals surface area contributed by atoms with Gasteiger partial charge >= 0.3 is 0 Å². The van der Waals surface area contributed by atoms with Gasteiger partial charge in [-0.25, -0.2) is 0 Å². The van der Waals surface area contributed by atoms with Crippen LogP contribution in [0, 0.1) is 0 Å². The van der Waals surface area contributed by atoms with Crippen molar-refractivity contribution in [2.45, 2.75) is 45.3 Å². The molecule has 0 saturated carbocycles. The van der Waals surface area contributed by atoms with Crippen molar-refractivity contribution in [1.82, 2.24) is 15.5 Å². The fourth-order valence-corrected chi connectivity index (χ4v) is 4.27. The molecule has 32 heavy (non-hydrogen) atoms. The van der Waals surface area contributed by atoms with Crippen molar-refractivity contribution in [1.29, 1.82) is 0 Å². The first-order chi connectivity index (χ1) is 15.2. The molecule has 2 N–H and O–H groups in total. The average Bonchev–Trinajstić information content (AvgIpc) is 3.47. The smallest absolute Gasteiger partial charge is 0.227 e. The zero-order valence-corrected chi connectivity index (χ0v) is 21.2. The second-order valence-corrected chi connectivity index (χ2v) is 8.39. The number of amides is 1. The minimum absolute atomic E-state index is 0. The second-order valence-electron chi connectivity index (χ2n) is 8.39. The van der Waals surface area contributed by atoms with E-state index in [1.807, 2.05) is 17.0 Å². The van der Waals surface area contributed by atoms with E-state index in [2.05, 4.69) is 56.9 Å². The quantitative estimate of drug-likeness (QED) is 0.314. The summed E-state index contributed by atoms with van der Waals surface area (Å²) < 4.78 is 0. The van der Waals surface area contributed by atoms with Crippen molar-refractivity contribution in [3.05, 3.63) is 65.2 Å². The van der Waals surface area contributed by atoms with Gasteiger partial charge in [0.2, 0.25) is 5.91 Å². The molecule has 2 aliphatic rings. The molecular weight excluding hydrogens is 513 g/mol. The first kappa shape index (κ1) is 24.5. The lowest BCUT2D eigenvalue weighted by molar-refractivity contribution is -0.117. The predicted octanol–water partition coefficient (Wildman–Crippen LogP) is 3.89. The average molecular weight is 547 g/mol. The Morgan fingerprint density at radius 3 is 1.94 bits per heavy atom. The summed E-state index contributed by atoms with van der Waals surface area (Å²) in [7, 11) is 1.79. The van der Waals surface area contributed by atoms with E-state index in [4.69, 9.17) is 0 Å². The van der Waals surface area contributed by atoms with Crippen LogP contribution in [-0.2, 0) is 24.4 Å². The molecule has 172 valence electrons. The van der Waals surface area contributed by atoms with Gasteiger partial charge in [0.25, 0.3) is 0 Å². The fraction of sp³-hybridized carbons (Fsp3) is 0.440. The zero-order valence-electron chi connectivity index (χ0n) is 18.8. The number of anilines is 1. The lowest BCUT2D eigenvalue weighted by atomic mass is 10.1. The van der Waals surface area contributed by atoms with Gasteiger partial charge in [0.05, 0.1) is 0 Å². The molecule has 0 radical (unpaired) electrons. The molecule has 0 spiro atoms. The normalized spacial score (nSPS) is 16.8. The zero-order chi connectivity index (χ0) is 21.5. The highest BCUT2D eigenvalue weighted by atomic mass is 127. The van der Waals surface area contributed by atoms with Gasteiger partial charge in [0, 0.05) is 45.3 Å². The van der Waals surface area contributed by atoms with Crippen molar-refractivity contribution < 1.29 is 4.79 Å². The van der Waals surface area contributed by atoms with Crippen molar-refractivity contribution >= 4 is 41.5 Å². The van der Waals surface area contributed by atoms with Crippen LogP contribution < -0.4 is 15.5 Å². The predicted molar refractivity (Wildman–Crippen MR) is 141 cm³/mol. The maximum absolute atomic E-state index is 11.9. The number of benzene rings is 2. The first-order valence-electron chi connectivity index (χ1n) is 11.4. The number of hydrogen-bond acceptors (Lipinski definition) is 3. The Labute approximate surface area is 208 Å². The van der Waals surface area contributed by atoms with Crippen LogP contribution in [0.15, 0.2) is 53.5 Å². The van der Waals surface area contributed by atoms with Crippen LogP contribution >= 0.6 is 24.0 Å². The summed E-state index contributed by atoms with van der Waals surface area (Å²) in [6.07, 6.45) is 4.27. The minimum atomic E-state index is 0. The van der Waals surface area contributed by atoms with Gasteiger partial charge in [0.1, 0.15) is 0 Å². The molecule has 2 saturated heterocycles. The molecule has 0 bridgehead atoms. The van der Waals surface area contributed by atoms with Gasteiger partial charge in [0.15, 0.2) is 5.96 Å². The summed E-state index contributed by atoms with van der Waals surface area (Å²) in [5.41, 5.74) is 4.77. The third-order valence-corrected chi connectivity index (χ3v) is 6.09. The summed E-state index contributed by atoms with van der Waals surface area (Å²) in [6, 6.07) is 17.1. The molecule has 2 fully saturated rings. The molecule has 2 aliphatic heterocycles. The van der Waals surface area contributed by atoms with Crippen molar-refractivity contribution in [2.24, 2.45) is 4.99 Å². The van der Waals surface area contributed by atoms with Gasteiger partial charge in [-0.3, -0.25) is 14.7 Å². The van der Waals surface area contributed by atoms with Gasteiger partial charge in [-0.15, -0.1) is 24.0 Å². The van der Waals surface area contributed by atoms with Crippen LogP contribution in [0.3, 0.4) is 0 Å². The molecule has 0 aromatic heterocycles. The second kappa shape index (κ2) is 12.2. The summed E-state index contributed by atoms with van der Waals surface area (Å²) in [6.45, 7) is 5.75. The number of nitrogens with one attached hydrogen (secondary N) is 2. The topological polar surface area (TPSA) is 60.0 Å². The molecule has 6 nitrogen and oxygen atoms in total. The van der Waals surface area contributed by atoms with E-state index in [0.29, 0.717) is 13.0 Å². The Kier molecular flexibility index (Phi) is 9.35. The van der Waals surface area contributed by atoms with Crippen LogP contribution in [0.1, 0.15) is 42.4 Å². The summed E-state index contributed by atoms with van der Waals surface area (Å²) in [5, 5.41) is 6.75. The number of carbonyl (C=O) groups excluding carboxylic acids is 1. The van der Waals surface area contributed by atoms with E-state index < -0.39 is 0 Å². The lowest BCUT2D eigenvalue weighted by Gasteiger charge is -2.17. The maximum Gasteiger partial charge on any atom is 0.227 e. The van der Waals surface area contributed by atoms with Crippen molar-refractivity contribution in [3.63, 3.8) is 0 Å². The van der Waals surface area contributed by atoms with Gasteiger partial charge in [-0.05, 0) is 61.2 Å². The maximum atomic E-state index is 11.9. The molecule has 0 unspecified atom stereocenters. The van der Waals surface area contributed by atoms with E-state index in [-0.39, 0.29) is 29.9 Å². The molecule has 0 aliphatic carbocycles. The van der Waals surface area contributed by atoms with Gasteiger partial charge in [-0.2, -0.15) is 0 Å². The lowest BCUT2D eigenvalue weighted by Crippen LogP contribution is -2.36. The molecule has 2 heterocycles. The standard InChI is InChI=1S/C25H33N5O.HI/c1-26-25(27-17-20-6-8-22(9-7-20)19-29-14-2-3-15-29)28-18-21-10-12-23(13-11-21)30-16-4-5-24(30)31;/h6-13H,2-5,14-19H2,1H3,(H2,26,27,28);1H. The molecular formula is C25H34IN5O. The highest BCUT2D eigenvalue weighted by Crippen LogP contribution is 2.21. The van der Waals surface area contributed by atoms with E-state index >= 15 is 0 Å². The van der Waals surface area contributed by atoms with E-state index in [1.165, 1.54) is 37.1 Å². The monoisotopic (exact) mass is 547 g/mol. The Morgan fingerprint density at radius 1 is 0.844 bits per heavy atom. The number of halogens is 1. The Hall–Kier alpha value is -2.13. The number of guanidine groups is 1. The van der Waals surface area contributed by atoms with Gasteiger partial charge < -0.3 is 15.5 Å². The molecule has 0 atom stereocenters. The van der Waals surface area contributed by atoms with Crippen LogP contribution in [-0.4, -0.2) is 43.4 Å². The number of rotatable bonds is 7. The SMILES string of the molecule is CN=C(NCc1ccc(CN2CCCC2)cc1)NCc1ccc(N2CCCC2=O)cc1.I. The Balaban J connectivity index is 0.00000289. The van der Waals surface area contributed by atoms with Crippen LogP contribution in [0.25, 0.3) is 0 Å². The third kappa shape index (κ3) is 6.68. The molecule has 2 aromatic rings. The van der Waals surface area contributed by atoms with E-state index in [9.17, 15) is 4.79 Å². The highest BCUT2D eigenvalue weighted by Gasteiger charge is 2.21. The van der Waals surface area contributed by atoms with Crippen LogP contribution in [0.2, 0.25) is 0 Å². The van der Waals surface area contributed by atoms with E-state index in [1.54, 1.807) is 7.05 Å². The number of hydrogen-bond donors (Lipinski definition) is 2. The highest BCUT2D eigenvalue weighted by molar-refractivity contribution is 14.0. The summed E-state index contributed by atoms with van der Waals surface area (Å²) >= 11 is 0. The summed E-state index contributed by atoms with van der Waals surface area (Å²) in [4.78, 5) is 20.6. The largest absolute Gasteiger partial charge is 0.352 e. The van der Waals surface area contributed by atoms with Crippen LogP contribution in [0.4, 0.5) is 5.69 Å². The van der Waals surface area contributed by atoms with Gasteiger partial charge in [-0.1, -0.05) is 36.4 Å². The molecule has 4 rings (SSSR count). The minimum Gasteiger partial charge on any atom is -0.352 e. The number of aliphatic imine (C=N–C) groups is 1. The van der Waals surface area contributed by atoms with E-state index in [0.717, 1.165) is 43.3 Å². The van der Waals surface area contributed by atoms with Crippen molar-refractivity contribution in [3.8, 4) is 0 Å². The molecule has 7 heteroatoms. The third-order valence-electron chi connectivity index (χ3n) is 6.09. The molecule has 1 amide bonds. The fourth-order valence-electron chi connectivity index (χ4n) is 4.27. The van der Waals surface area contributed by atoms with Crippen molar-refractivity contribution in [2.75, 3.05) is 31.6 Å². The number of likely N-dealkylation sites (tertiary alicyclic amines) is 1. The number of nitrogens with zero attached hydrogens (tertiary/aromatic N) is 3. The van der Waals surface area contributed by atoms with Crippen LogP contribution in [0.5, 0.6) is 0 Å². The molecule has 2 aromatic carbocycles. The Bertz CT molecular complexity index is 892. The summed E-state index contributed by atoms with van der Waals surface area (Å²) in [5.74, 6) is 1.000.